The van der Waals surface area contributed by atoms with Gasteiger partial charge in [0, 0.05) is 35.3 Å². The first kappa shape index (κ1) is 25.6. The molecule has 1 saturated heterocycles. The molecular weight excluding hydrogens is 454 g/mol. The summed E-state index contributed by atoms with van der Waals surface area (Å²) in [6, 6.07) is 13.0. The Kier molecular flexibility index (Phi) is 8.93. The summed E-state index contributed by atoms with van der Waals surface area (Å²) < 4.78 is 5.21. The van der Waals surface area contributed by atoms with Gasteiger partial charge < -0.3 is 20.3 Å². The molecule has 0 aromatic heterocycles. The molecule has 3 rings (SSSR count). The Morgan fingerprint density at radius 1 is 1.06 bits per heavy atom. The molecule has 2 aromatic rings. The maximum atomic E-state index is 13.1. The van der Waals surface area contributed by atoms with Gasteiger partial charge in [0.05, 0.1) is 7.11 Å². The first-order valence-electron chi connectivity index (χ1n) is 11.6. The van der Waals surface area contributed by atoms with Crippen LogP contribution < -0.4 is 15.4 Å². The Labute approximate surface area is 205 Å². The number of benzene rings is 2. The Balaban J connectivity index is 1.70. The lowest BCUT2D eigenvalue weighted by molar-refractivity contribution is -0.125. The van der Waals surface area contributed by atoms with Gasteiger partial charge in [-0.05, 0) is 74.6 Å². The van der Waals surface area contributed by atoms with E-state index in [1.165, 1.54) is 0 Å². The van der Waals surface area contributed by atoms with E-state index >= 15 is 0 Å². The zero-order valence-corrected chi connectivity index (χ0v) is 20.6. The molecule has 8 heteroatoms. The minimum atomic E-state index is -0.694. The molecule has 0 bridgehead atoms. The van der Waals surface area contributed by atoms with Gasteiger partial charge in [-0.15, -0.1) is 0 Å². The minimum Gasteiger partial charge on any atom is -0.497 e. The zero-order chi connectivity index (χ0) is 24.7. The van der Waals surface area contributed by atoms with Gasteiger partial charge in [-0.25, -0.2) is 0 Å². The predicted octanol–water partition coefficient (Wildman–Crippen LogP) is 3.91. The second-order valence-corrected chi connectivity index (χ2v) is 9.07. The molecule has 0 radical (unpaired) electrons. The lowest BCUT2D eigenvalue weighted by Gasteiger charge is -2.36. The molecule has 2 aromatic carbocycles. The van der Waals surface area contributed by atoms with E-state index in [0.717, 1.165) is 6.42 Å². The number of nitrogens with one attached hydrogen (secondary N) is 2. The Morgan fingerprint density at radius 3 is 2.35 bits per heavy atom. The SMILES string of the molecule is CC[C@H](C)NC(=O)[C@@H](NC(=O)c1cccc(OC)c1)C1CCN(C(=O)c2ccc(Cl)cc2)CC1. The minimum absolute atomic E-state index is 0.00436. The second-order valence-electron chi connectivity index (χ2n) is 8.64. The van der Waals surface area contributed by atoms with E-state index in [-0.39, 0.29) is 29.7 Å². The number of rotatable bonds is 8. The van der Waals surface area contributed by atoms with Crippen LogP contribution in [0.1, 0.15) is 53.8 Å². The molecule has 1 fully saturated rings. The molecule has 1 aliphatic rings. The average Bonchev–Trinajstić information content (AvgIpc) is 2.87. The van der Waals surface area contributed by atoms with E-state index in [1.54, 1.807) is 60.5 Å². The molecule has 182 valence electrons. The Morgan fingerprint density at radius 2 is 1.74 bits per heavy atom. The third-order valence-electron chi connectivity index (χ3n) is 6.29. The van der Waals surface area contributed by atoms with Gasteiger partial charge in [-0.1, -0.05) is 24.6 Å². The van der Waals surface area contributed by atoms with Gasteiger partial charge in [-0.3, -0.25) is 14.4 Å². The fourth-order valence-electron chi connectivity index (χ4n) is 4.03. The zero-order valence-electron chi connectivity index (χ0n) is 19.8. The number of halogens is 1. The molecule has 34 heavy (non-hydrogen) atoms. The van der Waals surface area contributed by atoms with Crippen molar-refractivity contribution in [2.75, 3.05) is 20.2 Å². The van der Waals surface area contributed by atoms with Crippen molar-refractivity contribution >= 4 is 29.3 Å². The Hall–Kier alpha value is -3.06. The summed E-state index contributed by atoms with van der Waals surface area (Å²) in [6.45, 7) is 4.95. The number of likely N-dealkylation sites (tertiary alicyclic amines) is 1. The molecule has 0 spiro atoms. The van der Waals surface area contributed by atoms with Gasteiger partial charge in [0.15, 0.2) is 0 Å². The highest BCUT2D eigenvalue weighted by atomic mass is 35.5. The van der Waals surface area contributed by atoms with Crippen LogP contribution >= 0.6 is 11.6 Å². The van der Waals surface area contributed by atoms with E-state index in [4.69, 9.17) is 16.3 Å². The largest absolute Gasteiger partial charge is 0.497 e. The smallest absolute Gasteiger partial charge is 0.253 e. The summed E-state index contributed by atoms with van der Waals surface area (Å²) in [5.41, 5.74) is 1.01. The number of methoxy groups -OCH3 is 1. The van der Waals surface area contributed by atoms with E-state index in [9.17, 15) is 14.4 Å². The normalized spacial score (nSPS) is 15.8. The fourth-order valence-corrected chi connectivity index (χ4v) is 4.16. The number of piperidine rings is 1. The van der Waals surface area contributed by atoms with Crippen LogP contribution in [0.15, 0.2) is 48.5 Å². The Bertz CT molecular complexity index is 1000. The second kappa shape index (κ2) is 11.9. The fraction of sp³-hybridized carbons (Fsp3) is 0.423. The number of hydrogen-bond acceptors (Lipinski definition) is 4. The molecule has 1 heterocycles. The van der Waals surface area contributed by atoms with E-state index < -0.39 is 6.04 Å². The topological polar surface area (TPSA) is 87.7 Å². The predicted molar refractivity (Wildman–Crippen MR) is 132 cm³/mol. The van der Waals surface area contributed by atoms with Crippen molar-refractivity contribution in [2.24, 2.45) is 5.92 Å². The molecule has 1 aliphatic heterocycles. The summed E-state index contributed by atoms with van der Waals surface area (Å²) in [6.07, 6.45) is 2.00. The molecular formula is C26H32ClN3O4. The average molecular weight is 486 g/mol. The van der Waals surface area contributed by atoms with Gasteiger partial charge >= 0.3 is 0 Å². The summed E-state index contributed by atoms with van der Waals surface area (Å²) in [4.78, 5) is 40.8. The van der Waals surface area contributed by atoms with Crippen LogP contribution in [0.25, 0.3) is 0 Å². The highest BCUT2D eigenvalue weighted by Gasteiger charge is 2.34. The number of carbonyl (C=O) groups is 3. The molecule has 0 saturated carbocycles. The number of ether oxygens (including phenoxy) is 1. The van der Waals surface area contributed by atoms with Crippen molar-refractivity contribution in [1.29, 1.82) is 0 Å². The van der Waals surface area contributed by atoms with Crippen LogP contribution in [0.2, 0.25) is 5.02 Å². The van der Waals surface area contributed by atoms with Crippen LogP contribution in [-0.4, -0.2) is 54.9 Å². The summed E-state index contributed by atoms with van der Waals surface area (Å²) >= 11 is 5.93. The highest BCUT2D eigenvalue weighted by molar-refractivity contribution is 6.30. The van der Waals surface area contributed by atoms with Crippen molar-refractivity contribution in [3.05, 3.63) is 64.7 Å². The first-order valence-corrected chi connectivity index (χ1v) is 12.0. The number of hydrogen-bond donors (Lipinski definition) is 2. The highest BCUT2D eigenvalue weighted by Crippen LogP contribution is 2.24. The molecule has 3 amide bonds. The third-order valence-corrected chi connectivity index (χ3v) is 6.54. The molecule has 0 unspecified atom stereocenters. The van der Waals surface area contributed by atoms with Gasteiger partial charge in [0.2, 0.25) is 5.91 Å². The van der Waals surface area contributed by atoms with Crippen molar-refractivity contribution in [1.82, 2.24) is 15.5 Å². The molecule has 2 atom stereocenters. The maximum Gasteiger partial charge on any atom is 0.253 e. The van der Waals surface area contributed by atoms with E-state index in [0.29, 0.717) is 47.8 Å². The van der Waals surface area contributed by atoms with Gasteiger partial charge in [0.25, 0.3) is 11.8 Å². The molecule has 7 nitrogen and oxygen atoms in total. The number of carbonyl (C=O) groups excluding carboxylic acids is 3. The first-order chi connectivity index (χ1) is 16.3. The lowest BCUT2D eigenvalue weighted by atomic mass is 9.88. The van der Waals surface area contributed by atoms with E-state index in [2.05, 4.69) is 10.6 Å². The van der Waals surface area contributed by atoms with Crippen molar-refractivity contribution in [3.63, 3.8) is 0 Å². The monoisotopic (exact) mass is 485 g/mol. The summed E-state index contributed by atoms with van der Waals surface area (Å²) in [7, 11) is 1.54. The van der Waals surface area contributed by atoms with Crippen molar-refractivity contribution in [3.8, 4) is 5.75 Å². The summed E-state index contributed by atoms with van der Waals surface area (Å²) in [5.74, 6) is -0.109. The van der Waals surface area contributed by atoms with Crippen LogP contribution in [0, 0.1) is 5.92 Å². The van der Waals surface area contributed by atoms with Crippen LogP contribution in [0.4, 0.5) is 0 Å². The van der Waals surface area contributed by atoms with Crippen molar-refractivity contribution in [2.45, 2.75) is 45.2 Å². The van der Waals surface area contributed by atoms with Gasteiger partial charge in [-0.2, -0.15) is 0 Å². The van der Waals surface area contributed by atoms with Crippen LogP contribution in [-0.2, 0) is 4.79 Å². The standard InChI is InChI=1S/C26H32ClN3O4/c1-4-17(2)28-25(32)23(29-24(31)20-6-5-7-22(16-20)34-3)18-12-14-30(15-13-18)26(33)19-8-10-21(27)11-9-19/h5-11,16-18,23H,4,12-15H2,1-3H3,(H,28,32)(H,29,31)/t17-,23-/m0/s1. The lowest BCUT2D eigenvalue weighted by Crippen LogP contribution is -2.55. The maximum absolute atomic E-state index is 13.1. The van der Waals surface area contributed by atoms with E-state index in [1.807, 2.05) is 13.8 Å². The third kappa shape index (κ3) is 6.50. The van der Waals surface area contributed by atoms with Crippen molar-refractivity contribution < 1.29 is 19.1 Å². The quantitative estimate of drug-likeness (QED) is 0.593. The van der Waals surface area contributed by atoms with Crippen LogP contribution in [0.3, 0.4) is 0 Å². The van der Waals surface area contributed by atoms with Gasteiger partial charge in [0.1, 0.15) is 11.8 Å². The number of nitrogens with zero attached hydrogens (tertiary/aromatic N) is 1. The number of amides is 3. The summed E-state index contributed by atoms with van der Waals surface area (Å²) in [5, 5.41) is 6.52. The van der Waals surface area contributed by atoms with Crippen LogP contribution in [0.5, 0.6) is 5.75 Å². The molecule has 2 N–H and O–H groups in total. The molecule has 0 aliphatic carbocycles.